The molecule has 3 heterocycles. The monoisotopic (exact) mass is 452 g/mol. The van der Waals surface area contributed by atoms with E-state index in [0.717, 1.165) is 13.0 Å². The highest BCUT2D eigenvalue weighted by atomic mass is 32.2. The largest absolute Gasteiger partial charge is 0.324 e. The highest BCUT2D eigenvalue weighted by molar-refractivity contribution is 8.01. The lowest BCUT2D eigenvalue weighted by molar-refractivity contribution is -0.135. The average Bonchev–Trinajstić information content (AvgIpc) is 3.24. The van der Waals surface area contributed by atoms with E-state index in [4.69, 9.17) is 0 Å². The number of nitrogens with zero attached hydrogens (tertiary/aromatic N) is 3. The minimum Gasteiger partial charge on any atom is -0.324 e. The van der Waals surface area contributed by atoms with E-state index >= 15 is 0 Å². The topological polar surface area (TPSA) is 90.0 Å². The smallest absolute Gasteiger partial charge is 0.248 e. The van der Waals surface area contributed by atoms with E-state index in [1.165, 1.54) is 10.4 Å². The first kappa shape index (κ1) is 21.6. The van der Waals surface area contributed by atoms with Crippen LogP contribution in [0.25, 0.3) is 0 Å². The van der Waals surface area contributed by atoms with E-state index in [0.29, 0.717) is 44.0 Å². The first-order valence-corrected chi connectivity index (χ1v) is 12.8. The summed E-state index contributed by atoms with van der Waals surface area (Å²) in [6.45, 7) is 7.33. The maximum atomic E-state index is 13.0. The molecule has 30 heavy (non-hydrogen) atoms. The summed E-state index contributed by atoms with van der Waals surface area (Å²) >= 11 is 1.63. The summed E-state index contributed by atoms with van der Waals surface area (Å²) in [5.41, 5.74) is 0.429. The first-order valence-electron chi connectivity index (χ1n) is 10.3. The average molecular weight is 453 g/mol. The molecule has 0 aromatic heterocycles. The van der Waals surface area contributed by atoms with Crippen LogP contribution in [0, 0.1) is 0 Å². The molecule has 3 aliphatic rings. The normalized spacial score (nSPS) is 28.0. The van der Waals surface area contributed by atoms with Crippen LogP contribution in [0.4, 0.5) is 5.69 Å². The van der Waals surface area contributed by atoms with Gasteiger partial charge in [0.1, 0.15) is 6.04 Å². The molecule has 3 saturated heterocycles. The highest BCUT2D eigenvalue weighted by Crippen LogP contribution is 2.47. The third kappa shape index (κ3) is 3.86. The fraction of sp³-hybridized carbons (Fsp3) is 0.600. The Balaban J connectivity index is 1.47. The van der Waals surface area contributed by atoms with Gasteiger partial charge >= 0.3 is 0 Å². The van der Waals surface area contributed by atoms with Gasteiger partial charge in [0.15, 0.2) is 0 Å². The number of hydrogen-bond acceptors (Lipinski definition) is 6. The Morgan fingerprint density at radius 3 is 2.70 bits per heavy atom. The van der Waals surface area contributed by atoms with Crippen LogP contribution in [0.15, 0.2) is 29.2 Å². The highest BCUT2D eigenvalue weighted by Gasteiger charge is 2.52. The standard InChI is InChI=1S/C20H28N4O4S2/c1-3-22-9-11-23(12-10-22)30(27,28)16-6-4-5-15(13-16)21-19(26)17-14-29-20(2)8-7-18(25)24(17)20/h4-6,13,17H,3,7-12,14H2,1-2H3,(H,21,26). The molecule has 0 aliphatic carbocycles. The Labute approximate surface area is 182 Å². The molecule has 0 saturated carbocycles. The molecule has 0 bridgehead atoms. The van der Waals surface area contributed by atoms with Crippen molar-refractivity contribution in [2.45, 2.75) is 42.5 Å². The summed E-state index contributed by atoms with van der Waals surface area (Å²) in [6, 6.07) is 5.85. The number of carbonyl (C=O) groups excluding carboxylic acids is 2. The van der Waals surface area contributed by atoms with E-state index in [-0.39, 0.29) is 21.6 Å². The Bertz CT molecular complexity index is 946. The number of anilines is 1. The lowest BCUT2D eigenvalue weighted by Crippen LogP contribution is -2.48. The first-order chi connectivity index (χ1) is 14.2. The molecule has 1 aromatic carbocycles. The molecule has 4 rings (SSSR count). The van der Waals surface area contributed by atoms with Gasteiger partial charge in [-0.25, -0.2) is 8.42 Å². The predicted octanol–water partition coefficient (Wildman–Crippen LogP) is 1.41. The molecular weight excluding hydrogens is 424 g/mol. The Kier molecular flexibility index (Phi) is 5.86. The van der Waals surface area contributed by atoms with Crippen LogP contribution < -0.4 is 5.32 Å². The minimum absolute atomic E-state index is 0.00481. The molecule has 2 atom stereocenters. The number of amides is 2. The van der Waals surface area contributed by atoms with E-state index in [1.54, 1.807) is 34.9 Å². The molecule has 1 aromatic rings. The van der Waals surface area contributed by atoms with Crippen LogP contribution in [0.5, 0.6) is 0 Å². The van der Waals surface area contributed by atoms with Crippen LogP contribution in [0.2, 0.25) is 0 Å². The number of piperazine rings is 1. The second-order valence-corrected chi connectivity index (χ2v) is 11.6. The maximum absolute atomic E-state index is 13.0. The molecule has 0 spiro atoms. The van der Waals surface area contributed by atoms with Gasteiger partial charge in [0, 0.05) is 44.0 Å². The number of nitrogens with one attached hydrogen (secondary N) is 1. The number of fused-ring (bicyclic) bond motifs is 1. The molecule has 3 fully saturated rings. The van der Waals surface area contributed by atoms with Crippen molar-refractivity contribution >= 4 is 39.3 Å². The molecule has 2 unspecified atom stereocenters. The van der Waals surface area contributed by atoms with E-state index in [2.05, 4.69) is 17.1 Å². The molecular formula is C20H28N4O4S2. The Morgan fingerprint density at radius 2 is 2.00 bits per heavy atom. The number of sulfonamides is 1. The van der Waals surface area contributed by atoms with Gasteiger partial charge in [-0.05, 0) is 38.1 Å². The van der Waals surface area contributed by atoms with Gasteiger partial charge in [-0.1, -0.05) is 13.0 Å². The Hall–Kier alpha value is -1.62. The molecule has 0 radical (unpaired) electrons. The fourth-order valence-electron chi connectivity index (χ4n) is 4.41. The van der Waals surface area contributed by atoms with Crippen LogP contribution in [-0.2, 0) is 19.6 Å². The van der Waals surface area contributed by atoms with Gasteiger partial charge in [-0.3, -0.25) is 9.59 Å². The molecule has 8 nitrogen and oxygen atoms in total. The van der Waals surface area contributed by atoms with Gasteiger partial charge in [0.25, 0.3) is 0 Å². The number of hydrogen-bond donors (Lipinski definition) is 1. The Morgan fingerprint density at radius 1 is 1.27 bits per heavy atom. The van der Waals surface area contributed by atoms with E-state index in [9.17, 15) is 18.0 Å². The van der Waals surface area contributed by atoms with Gasteiger partial charge in [-0.15, -0.1) is 11.8 Å². The summed E-state index contributed by atoms with van der Waals surface area (Å²) in [5, 5.41) is 2.83. The third-order valence-electron chi connectivity index (χ3n) is 6.27. The van der Waals surface area contributed by atoms with Gasteiger partial charge < -0.3 is 15.1 Å². The van der Waals surface area contributed by atoms with Gasteiger partial charge in [-0.2, -0.15) is 4.31 Å². The summed E-state index contributed by atoms with van der Waals surface area (Å²) < 4.78 is 27.6. The zero-order chi connectivity index (χ0) is 21.5. The predicted molar refractivity (Wildman–Crippen MR) is 117 cm³/mol. The molecule has 1 N–H and O–H groups in total. The number of carbonyl (C=O) groups is 2. The molecule has 10 heteroatoms. The summed E-state index contributed by atoms with van der Waals surface area (Å²) in [5.74, 6) is 0.283. The number of rotatable bonds is 5. The van der Waals surface area contributed by atoms with Crippen molar-refractivity contribution in [3.05, 3.63) is 24.3 Å². The molecule has 2 amide bonds. The van der Waals surface area contributed by atoms with Gasteiger partial charge in [0.05, 0.1) is 9.77 Å². The SMILES string of the molecule is CCN1CCN(S(=O)(=O)c2cccc(NC(=O)C3CSC4(C)CCC(=O)N34)c2)CC1. The van der Waals surface area contributed by atoms with Crippen molar-refractivity contribution in [3.8, 4) is 0 Å². The van der Waals surface area contributed by atoms with Crippen molar-refractivity contribution < 1.29 is 18.0 Å². The zero-order valence-electron chi connectivity index (χ0n) is 17.3. The molecule has 164 valence electrons. The van der Waals surface area contributed by atoms with Crippen LogP contribution in [0.3, 0.4) is 0 Å². The number of benzene rings is 1. The quantitative estimate of drug-likeness (QED) is 0.727. The fourth-order valence-corrected chi connectivity index (χ4v) is 7.31. The van der Waals surface area contributed by atoms with Crippen LogP contribution >= 0.6 is 11.8 Å². The second-order valence-electron chi connectivity index (χ2n) is 8.12. The van der Waals surface area contributed by atoms with Gasteiger partial charge in [0.2, 0.25) is 21.8 Å². The van der Waals surface area contributed by atoms with Crippen molar-refractivity contribution in [1.29, 1.82) is 0 Å². The van der Waals surface area contributed by atoms with Crippen molar-refractivity contribution in [1.82, 2.24) is 14.1 Å². The zero-order valence-corrected chi connectivity index (χ0v) is 19.0. The van der Waals surface area contributed by atoms with Crippen molar-refractivity contribution in [2.75, 3.05) is 43.8 Å². The number of likely N-dealkylation sites (N-methyl/N-ethyl adjacent to an activating group) is 1. The number of thioether (sulfide) groups is 1. The van der Waals surface area contributed by atoms with Crippen LogP contribution in [-0.4, -0.2) is 83.7 Å². The molecule has 3 aliphatic heterocycles. The summed E-state index contributed by atoms with van der Waals surface area (Å²) in [4.78, 5) is 28.9. The van der Waals surface area contributed by atoms with E-state index in [1.807, 2.05) is 6.92 Å². The second kappa shape index (κ2) is 8.14. The van der Waals surface area contributed by atoms with Crippen LogP contribution in [0.1, 0.15) is 26.7 Å². The van der Waals surface area contributed by atoms with E-state index < -0.39 is 16.1 Å². The third-order valence-corrected chi connectivity index (χ3v) is 9.67. The maximum Gasteiger partial charge on any atom is 0.248 e. The lowest BCUT2D eigenvalue weighted by atomic mass is 10.2. The summed E-state index contributed by atoms with van der Waals surface area (Å²) in [6.07, 6.45) is 1.21. The lowest BCUT2D eigenvalue weighted by Gasteiger charge is -2.33. The van der Waals surface area contributed by atoms with Crippen molar-refractivity contribution in [2.24, 2.45) is 0 Å². The minimum atomic E-state index is -3.62. The van der Waals surface area contributed by atoms with Crippen molar-refractivity contribution in [3.63, 3.8) is 0 Å². The summed E-state index contributed by atoms with van der Waals surface area (Å²) in [7, 11) is -3.62.